The number of hydrogen-bond acceptors (Lipinski definition) is 4. The van der Waals surface area contributed by atoms with E-state index in [9.17, 15) is 4.79 Å². The summed E-state index contributed by atoms with van der Waals surface area (Å²) in [6.45, 7) is 9.63. The molecule has 0 atom stereocenters. The third-order valence-corrected chi connectivity index (χ3v) is 3.96. The molecule has 6 nitrogen and oxygen atoms in total. The molecule has 0 N–H and O–H groups in total. The van der Waals surface area contributed by atoms with E-state index in [4.69, 9.17) is 9.47 Å². The number of amides is 1. The Balaban J connectivity index is 1.83. The van der Waals surface area contributed by atoms with E-state index in [2.05, 4.69) is 11.9 Å². The van der Waals surface area contributed by atoms with Crippen LogP contribution in [0.5, 0.6) is 0 Å². The molecule has 2 rings (SSSR count). The average Bonchev–Trinajstić information content (AvgIpc) is 2.81. The SMILES string of the molecule is Cn1cncc1COC1(C)CCN(C(=O)OC(C)(C)C)CC1. The van der Waals surface area contributed by atoms with E-state index in [1.807, 2.05) is 38.6 Å². The van der Waals surface area contributed by atoms with Crippen molar-refractivity contribution in [3.05, 3.63) is 18.2 Å². The van der Waals surface area contributed by atoms with Crippen molar-refractivity contribution in [3.63, 3.8) is 0 Å². The number of hydrogen-bond donors (Lipinski definition) is 0. The van der Waals surface area contributed by atoms with Crippen molar-refractivity contribution in [1.29, 1.82) is 0 Å². The molecule has 1 aromatic heterocycles. The fourth-order valence-corrected chi connectivity index (χ4v) is 2.40. The van der Waals surface area contributed by atoms with E-state index in [1.165, 1.54) is 0 Å². The monoisotopic (exact) mass is 309 g/mol. The van der Waals surface area contributed by atoms with Crippen LogP contribution in [0.25, 0.3) is 0 Å². The number of carbonyl (C=O) groups excluding carboxylic acids is 1. The number of likely N-dealkylation sites (tertiary alicyclic amines) is 1. The number of aryl methyl sites for hydroxylation is 1. The van der Waals surface area contributed by atoms with Gasteiger partial charge in [-0.3, -0.25) is 0 Å². The summed E-state index contributed by atoms with van der Waals surface area (Å²) in [5.74, 6) is 0. The van der Waals surface area contributed by atoms with Crippen LogP contribution < -0.4 is 0 Å². The number of ether oxygens (including phenoxy) is 2. The van der Waals surface area contributed by atoms with E-state index >= 15 is 0 Å². The summed E-state index contributed by atoms with van der Waals surface area (Å²) in [6.07, 6.45) is 4.97. The Hall–Kier alpha value is -1.56. The molecule has 1 aliphatic rings. The summed E-state index contributed by atoms with van der Waals surface area (Å²) in [5.41, 5.74) is 0.396. The van der Waals surface area contributed by atoms with Gasteiger partial charge in [-0.1, -0.05) is 0 Å². The molecule has 0 aliphatic carbocycles. The Labute approximate surface area is 132 Å². The predicted octanol–water partition coefficient (Wildman–Crippen LogP) is 2.73. The summed E-state index contributed by atoms with van der Waals surface area (Å²) in [6, 6.07) is 0. The molecule has 1 aromatic rings. The first kappa shape index (κ1) is 16.8. The standard InChI is InChI=1S/C16H27N3O3/c1-15(2,3)22-14(20)19-8-6-16(4,7-9-19)21-11-13-10-17-12-18(13)5/h10,12H,6-9,11H2,1-5H3. The molecule has 1 saturated heterocycles. The van der Waals surface area contributed by atoms with Crippen LogP contribution in [-0.2, 0) is 23.1 Å². The summed E-state index contributed by atoms with van der Waals surface area (Å²) >= 11 is 0. The molecule has 22 heavy (non-hydrogen) atoms. The average molecular weight is 309 g/mol. The van der Waals surface area contributed by atoms with Gasteiger partial charge in [-0.05, 0) is 40.5 Å². The Kier molecular flexibility index (Phi) is 4.80. The zero-order chi connectivity index (χ0) is 16.4. The van der Waals surface area contributed by atoms with Gasteiger partial charge >= 0.3 is 6.09 Å². The highest BCUT2D eigenvalue weighted by molar-refractivity contribution is 5.68. The Morgan fingerprint density at radius 2 is 2.00 bits per heavy atom. The van der Waals surface area contributed by atoms with E-state index in [-0.39, 0.29) is 11.7 Å². The maximum atomic E-state index is 12.1. The number of imidazole rings is 1. The van der Waals surface area contributed by atoms with Crippen molar-refractivity contribution >= 4 is 6.09 Å². The molecule has 0 bridgehead atoms. The first-order valence-corrected chi connectivity index (χ1v) is 7.76. The fraction of sp³-hybridized carbons (Fsp3) is 0.750. The van der Waals surface area contributed by atoms with Crippen LogP contribution in [-0.4, -0.2) is 44.8 Å². The van der Waals surface area contributed by atoms with E-state index in [0.29, 0.717) is 19.7 Å². The number of nitrogens with zero attached hydrogens (tertiary/aromatic N) is 3. The summed E-state index contributed by atoms with van der Waals surface area (Å²) in [7, 11) is 1.96. The molecule has 0 radical (unpaired) electrons. The van der Waals surface area contributed by atoms with Crippen LogP contribution >= 0.6 is 0 Å². The van der Waals surface area contributed by atoms with Gasteiger partial charge in [0.25, 0.3) is 0 Å². The molecule has 124 valence electrons. The van der Waals surface area contributed by atoms with E-state index in [1.54, 1.807) is 11.2 Å². The lowest BCUT2D eigenvalue weighted by molar-refractivity contribution is -0.0826. The lowest BCUT2D eigenvalue weighted by atomic mass is 9.93. The second-order valence-electron chi connectivity index (χ2n) is 7.20. The largest absolute Gasteiger partial charge is 0.444 e. The molecule has 1 fully saturated rings. The van der Waals surface area contributed by atoms with Crippen molar-refractivity contribution in [3.8, 4) is 0 Å². The van der Waals surface area contributed by atoms with Crippen LogP contribution in [0, 0.1) is 0 Å². The summed E-state index contributed by atoms with van der Waals surface area (Å²) in [5, 5.41) is 0. The second kappa shape index (κ2) is 6.28. The molecule has 0 aromatic carbocycles. The minimum atomic E-state index is -0.451. The zero-order valence-corrected chi connectivity index (χ0v) is 14.3. The highest BCUT2D eigenvalue weighted by atomic mass is 16.6. The van der Waals surface area contributed by atoms with Gasteiger partial charge in [0.05, 0.1) is 30.4 Å². The van der Waals surface area contributed by atoms with Gasteiger partial charge in [-0.2, -0.15) is 0 Å². The molecule has 0 saturated carbocycles. The van der Waals surface area contributed by atoms with Crippen molar-refractivity contribution in [1.82, 2.24) is 14.5 Å². The molecule has 1 aliphatic heterocycles. The molecular formula is C16H27N3O3. The first-order chi connectivity index (χ1) is 10.2. The molecule has 0 unspecified atom stereocenters. The number of aromatic nitrogens is 2. The van der Waals surface area contributed by atoms with Gasteiger partial charge < -0.3 is 18.9 Å². The van der Waals surface area contributed by atoms with Crippen LogP contribution in [0.15, 0.2) is 12.5 Å². The zero-order valence-electron chi connectivity index (χ0n) is 14.3. The van der Waals surface area contributed by atoms with Crippen molar-refractivity contribution in [2.45, 2.75) is 58.3 Å². The van der Waals surface area contributed by atoms with Crippen molar-refractivity contribution in [2.24, 2.45) is 7.05 Å². The van der Waals surface area contributed by atoms with Gasteiger partial charge in [0.15, 0.2) is 0 Å². The molecule has 1 amide bonds. The van der Waals surface area contributed by atoms with Gasteiger partial charge in [-0.25, -0.2) is 9.78 Å². The topological polar surface area (TPSA) is 56.6 Å². The molecule has 2 heterocycles. The maximum absolute atomic E-state index is 12.1. The third kappa shape index (κ3) is 4.47. The van der Waals surface area contributed by atoms with Crippen molar-refractivity contribution in [2.75, 3.05) is 13.1 Å². The Morgan fingerprint density at radius 3 is 2.50 bits per heavy atom. The fourth-order valence-electron chi connectivity index (χ4n) is 2.40. The summed E-state index contributed by atoms with van der Waals surface area (Å²) in [4.78, 5) is 17.9. The smallest absolute Gasteiger partial charge is 0.410 e. The Morgan fingerprint density at radius 1 is 1.36 bits per heavy atom. The highest BCUT2D eigenvalue weighted by Crippen LogP contribution is 2.27. The van der Waals surface area contributed by atoms with E-state index < -0.39 is 5.60 Å². The second-order valence-corrected chi connectivity index (χ2v) is 7.20. The Bertz CT molecular complexity index is 511. The molecule has 6 heteroatoms. The van der Waals surface area contributed by atoms with Crippen LogP contribution in [0.4, 0.5) is 4.79 Å². The maximum Gasteiger partial charge on any atom is 0.410 e. The van der Waals surface area contributed by atoms with E-state index in [0.717, 1.165) is 18.5 Å². The minimum Gasteiger partial charge on any atom is -0.444 e. The van der Waals surface area contributed by atoms with Crippen LogP contribution in [0.3, 0.4) is 0 Å². The minimum absolute atomic E-state index is 0.206. The van der Waals surface area contributed by atoms with Crippen LogP contribution in [0.1, 0.15) is 46.2 Å². The highest BCUT2D eigenvalue weighted by Gasteiger charge is 2.34. The summed E-state index contributed by atoms with van der Waals surface area (Å²) < 4.78 is 13.5. The lowest BCUT2D eigenvalue weighted by Crippen LogP contribution is -2.47. The van der Waals surface area contributed by atoms with Gasteiger partial charge in [0.2, 0.25) is 0 Å². The predicted molar refractivity (Wildman–Crippen MR) is 83.4 cm³/mol. The number of rotatable bonds is 3. The van der Waals surface area contributed by atoms with Gasteiger partial charge in [0.1, 0.15) is 5.60 Å². The van der Waals surface area contributed by atoms with Crippen LogP contribution in [0.2, 0.25) is 0 Å². The first-order valence-electron chi connectivity index (χ1n) is 7.76. The molecule has 0 spiro atoms. The van der Waals surface area contributed by atoms with Gasteiger partial charge in [-0.15, -0.1) is 0 Å². The number of piperidine rings is 1. The van der Waals surface area contributed by atoms with Crippen molar-refractivity contribution < 1.29 is 14.3 Å². The number of carbonyl (C=O) groups is 1. The molecular weight excluding hydrogens is 282 g/mol. The normalized spacial score (nSPS) is 18.3. The lowest BCUT2D eigenvalue weighted by Gasteiger charge is -2.39. The quantitative estimate of drug-likeness (QED) is 0.861. The third-order valence-electron chi connectivity index (χ3n) is 3.96. The van der Waals surface area contributed by atoms with Gasteiger partial charge in [0, 0.05) is 20.1 Å².